The van der Waals surface area contributed by atoms with E-state index in [1.807, 2.05) is 0 Å². The predicted octanol–water partition coefficient (Wildman–Crippen LogP) is 2.30. The van der Waals surface area contributed by atoms with Gasteiger partial charge in [0, 0.05) is 37.4 Å². The number of likely N-dealkylation sites (N-methyl/N-ethyl adjacent to an activating group) is 2. The number of nitrogens with zero attached hydrogens (tertiary/aromatic N) is 3. The largest absolute Gasteiger partial charge is 0.371 e. The van der Waals surface area contributed by atoms with Crippen LogP contribution < -0.4 is 10.2 Å². The van der Waals surface area contributed by atoms with Crippen molar-refractivity contribution >= 4 is 5.69 Å². The summed E-state index contributed by atoms with van der Waals surface area (Å²) >= 11 is 0. The first-order valence-electron chi connectivity index (χ1n) is 9.38. The number of para-hydroxylation sites is 1. The molecule has 1 saturated heterocycles. The lowest BCUT2D eigenvalue weighted by molar-refractivity contribution is 0.249. The Hall–Kier alpha value is -1.10. The SMILES string of the molecule is CCN[C@@H](Cc1ccccc1N1CCC(N(C)C)CC1)CN(C)C. The van der Waals surface area contributed by atoms with Gasteiger partial charge in [-0.05, 0) is 65.6 Å². The van der Waals surface area contributed by atoms with Crippen molar-refractivity contribution in [1.82, 2.24) is 15.1 Å². The lowest BCUT2D eigenvalue weighted by Gasteiger charge is -2.37. The van der Waals surface area contributed by atoms with Crippen LogP contribution in [-0.2, 0) is 6.42 Å². The summed E-state index contributed by atoms with van der Waals surface area (Å²) in [4.78, 5) is 7.24. The van der Waals surface area contributed by atoms with Gasteiger partial charge in [-0.2, -0.15) is 0 Å². The Bertz CT molecular complexity index is 478. The van der Waals surface area contributed by atoms with Gasteiger partial charge in [0.25, 0.3) is 0 Å². The van der Waals surface area contributed by atoms with Crippen molar-refractivity contribution in [3.8, 4) is 0 Å². The normalized spacial score (nSPS) is 17.7. The van der Waals surface area contributed by atoms with Crippen LogP contribution in [0.4, 0.5) is 5.69 Å². The van der Waals surface area contributed by atoms with E-state index >= 15 is 0 Å². The standard InChI is InChI=1S/C20H36N4/c1-6-21-18(16-22(2)3)15-17-9-7-8-10-20(17)24-13-11-19(12-14-24)23(4)5/h7-10,18-19,21H,6,11-16H2,1-5H3/t18-/m0/s1. The van der Waals surface area contributed by atoms with Gasteiger partial charge in [-0.25, -0.2) is 0 Å². The van der Waals surface area contributed by atoms with Crippen LogP contribution in [-0.4, -0.2) is 76.3 Å². The molecule has 1 N–H and O–H groups in total. The molecule has 1 heterocycles. The van der Waals surface area contributed by atoms with Gasteiger partial charge in [0.15, 0.2) is 0 Å². The van der Waals surface area contributed by atoms with Crippen molar-refractivity contribution in [2.75, 3.05) is 59.3 Å². The molecule has 0 bridgehead atoms. The van der Waals surface area contributed by atoms with Crippen LogP contribution in [0.3, 0.4) is 0 Å². The minimum Gasteiger partial charge on any atom is -0.371 e. The van der Waals surface area contributed by atoms with E-state index in [1.54, 1.807) is 0 Å². The number of rotatable bonds is 8. The molecule has 0 amide bonds. The van der Waals surface area contributed by atoms with Gasteiger partial charge in [-0.1, -0.05) is 25.1 Å². The van der Waals surface area contributed by atoms with Gasteiger partial charge >= 0.3 is 0 Å². The molecule has 0 radical (unpaired) electrons. The molecule has 1 atom stereocenters. The Morgan fingerprint density at radius 1 is 1.12 bits per heavy atom. The monoisotopic (exact) mass is 332 g/mol. The highest BCUT2D eigenvalue weighted by atomic mass is 15.2. The molecule has 4 nitrogen and oxygen atoms in total. The van der Waals surface area contributed by atoms with Gasteiger partial charge < -0.3 is 20.0 Å². The topological polar surface area (TPSA) is 21.8 Å². The molecular formula is C20H36N4. The van der Waals surface area contributed by atoms with Crippen LogP contribution in [0.2, 0.25) is 0 Å². The van der Waals surface area contributed by atoms with Crippen molar-refractivity contribution in [2.45, 2.75) is 38.3 Å². The van der Waals surface area contributed by atoms with Crippen LogP contribution in [0.25, 0.3) is 0 Å². The van der Waals surface area contributed by atoms with E-state index in [1.165, 1.54) is 37.2 Å². The van der Waals surface area contributed by atoms with Crippen molar-refractivity contribution in [2.24, 2.45) is 0 Å². The third-order valence-corrected chi connectivity index (χ3v) is 5.07. The van der Waals surface area contributed by atoms with E-state index in [-0.39, 0.29) is 0 Å². The quantitative estimate of drug-likeness (QED) is 0.788. The summed E-state index contributed by atoms with van der Waals surface area (Å²) in [7, 11) is 8.72. The van der Waals surface area contributed by atoms with Crippen LogP contribution in [0.15, 0.2) is 24.3 Å². The predicted molar refractivity (Wildman–Crippen MR) is 105 cm³/mol. The molecule has 2 rings (SSSR count). The Morgan fingerprint density at radius 2 is 1.79 bits per heavy atom. The van der Waals surface area contributed by atoms with E-state index in [2.05, 4.69) is 79.4 Å². The maximum absolute atomic E-state index is 3.65. The molecule has 0 aliphatic carbocycles. The molecule has 1 aliphatic heterocycles. The molecule has 1 aromatic carbocycles. The lowest BCUT2D eigenvalue weighted by Crippen LogP contribution is -2.43. The minimum absolute atomic E-state index is 0.505. The Kier molecular flexibility index (Phi) is 7.53. The molecule has 1 aliphatic rings. The maximum atomic E-state index is 3.65. The summed E-state index contributed by atoms with van der Waals surface area (Å²) < 4.78 is 0. The van der Waals surface area contributed by atoms with Gasteiger partial charge in [0.1, 0.15) is 0 Å². The zero-order valence-electron chi connectivity index (χ0n) is 16.3. The van der Waals surface area contributed by atoms with Crippen molar-refractivity contribution in [3.05, 3.63) is 29.8 Å². The maximum Gasteiger partial charge on any atom is 0.0399 e. The molecule has 0 saturated carbocycles. The highest BCUT2D eigenvalue weighted by molar-refractivity contribution is 5.54. The summed E-state index contributed by atoms with van der Waals surface area (Å²) in [5.41, 5.74) is 2.92. The van der Waals surface area contributed by atoms with Crippen molar-refractivity contribution in [3.63, 3.8) is 0 Å². The average Bonchev–Trinajstić information content (AvgIpc) is 2.55. The Labute approximate surface area is 148 Å². The number of anilines is 1. The average molecular weight is 333 g/mol. The molecule has 0 spiro atoms. The number of nitrogens with one attached hydrogen (secondary N) is 1. The molecular weight excluding hydrogens is 296 g/mol. The number of hydrogen-bond acceptors (Lipinski definition) is 4. The third-order valence-electron chi connectivity index (χ3n) is 5.07. The smallest absolute Gasteiger partial charge is 0.0399 e. The molecule has 4 heteroatoms. The number of piperidine rings is 1. The van der Waals surface area contributed by atoms with Crippen molar-refractivity contribution in [1.29, 1.82) is 0 Å². The van der Waals surface area contributed by atoms with Crippen LogP contribution in [0, 0.1) is 0 Å². The first-order chi connectivity index (χ1) is 11.5. The molecule has 1 aromatic rings. The fourth-order valence-corrected chi connectivity index (χ4v) is 3.81. The zero-order chi connectivity index (χ0) is 17.5. The zero-order valence-corrected chi connectivity index (χ0v) is 16.3. The van der Waals surface area contributed by atoms with E-state index in [0.717, 1.165) is 25.6 Å². The lowest BCUT2D eigenvalue weighted by atomic mass is 9.99. The summed E-state index contributed by atoms with van der Waals surface area (Å²) in [5.74, 6) is 0. The van der Waals surface area contributed by atoms with Crippen LogP contribution in [0.1, 0.15) is 25.3 Å². The van der Waals surface area contributed by atoms with E-state index in [9.17, 15) is 0 Å². The van der Waals surface area contributed by atoms with Crippen molar-refractivity contribution < 1.29 is 0 Å². The Balaban J connectivity index is 2.07. The highest BCUT2D eigenvalue weighted by Gasteiger charge is 2.22. The van der Waals surface area contributed by atoms with E-state index in [0.29, 0.717) is 6.04 Å². The molecule has 1 fully saturated rings. The second-order valence-corrected chi connectivity index (χ2v) is 7.53. The first-order valence-corrected chi connectivity index (χ1v) is 9.38. The molecule has 24 heavy (non-hydrogen) atoms. The van der Waals surface area contributed by atoms with Crippen LogP contribution in [0.5, 0.6) is 0 Å². The summed E-state index contributed by atoms with van der Waals surface area (Å²) in [6.45, 7) is 6.62. The summed E-state index contributed by atoms with van der Waals surface area (Å²) in [6, 6.07) is 10.2. The van der Waals surface area contributed by atoms with Crippen LogP contribution >= 0.6 is 0 Å². The fraction of sp³-hybridized carbons (Fsp3) is 0.700. The minimum atomic E-state index is 0.505. The van der Waals surface area contributed by atoms with E-state index < -0.39 is 0 Å². The van der Waals surface area contributed by atoms with E-state index in [4.69, 9.17) is 0 Å². The summed E-state index contributed by atoms with van der Waals surface area (Å²) in [5, 5.41) is 3.65. The van der Waals surface area contributed by atoms with Gasteiger partial charge in [0.2, 0.25) is 0 Å². The molecule has 136 valence electrons. The fourth-order valence-electron chi connectivity index (χ4n) is 3.81. The van der Waals surface area contributed by atoms with Gasteiger partial charge in [0.05, 0.1) is 0 Å². The van der Waals surface area contributed by atoms with Gasteiger partial charge in [-0.3, -0.25) is 0 Å². The Morgan fingerprint density at radius 3 is 2.38 bits per heavy atom. The number of benzene rings is 1. The second-order valence-electron chi connectivity index (χ2n) is 7.53. The third kappa shape index (κ3) is 5.47. The van der Waals surface area contributed by atoms with Gasteiger partial charge in [-0.15, -0.1) is 0 Å². The molecule has 0 aromatic heterocycles. The summed E-state index contributed by atoms with van der Waals surface area (Å²) in [6.07, 6.45) is 3.61. The highest BCUT2D eigenvalue weighted by Crippen LogP contribution is 2.26. The number of hydrogen-bond donors (Lipinski definition) is 1. The molecule has 0 unspecified atom stereocenters. The first kappa shape index (κ1) is 19.2. The second kappa shape index (κ2) is 9.40.